The SMILES string of the molecule is CCn1cnn(CN2CCN(Cc3ccc(OC)cc3)CC2)c1=S. The highest BCUT2D eigenvalue weighted by molar-refractivity contribution is 7.71. The maximum atomic E-state index is 5.44. The van der Waals surface area contributed by atoms with Gasteiger partial charge in [0.2, 0.25) is 0 Å². The topological polar surface area (TPSA) is 38.5 Å². The first-order chi connectivity index (χ1) is 11.7. The van der Waals surface area contributed by atoms with Crippen molar-refractivity contribution in [3.8, 4) is 5.75 Å². The Morgan fingerprint density at radius 3 is 2.33 bits per heavy atom. The first kappa shape index (κ1) is 17.1. The molecule has 2 heterocycles. The molecule has 0 amide bonds. The van der Waals surface area contributed by atoms with Crippen LogP contribution in [0.2, 0.25) is 0 Å². The summed E-state index contributed by atoms with van der Waals surface area (Å²) in [5.41, 5.74) is 1.33. The number of hydrogen-bond acceptors (Lipinski definition) is 5. The second-order valence-corrected chi connectivity index (χ2v) is 6.45. The number of aryl methyl sites for hydroxylation is 1. The summed E-state index contributed by atoms with van der Waals surface area (Å²) in [6, 6.07) is 8.33. The molecule has 2 aromatic rings. The van der Waals surface area contributed by atoms with Crippen LogP contribution in [0.25, 0.3) is 0 Å². The van der Waals surface area contributed by atoms with Crippen molar-refractivity contribution in [2.24, 2.45) is 0 Å². The molecule has 0 bridgehead atoms. The molecule has 0 aliphatic carbocycles. The van der Waals surface area contributed by atoms with Crippen molar-refractivity contribution in [2.45, 2.75) is 26.7 Å². The van der Waals surface area contributed by atoms with Crippen LogP contribution in [-0.2, 0) is 19.8 Å². The van der Waals surface area contributed by atoms with E-state index in [4.69, 9.17) is 17.0 Å². The number of piperazine rings is 1. The van der Waals surface area contributed by atoms with E-state index in [1.165, 1.54) is 5.56 Å². The smallest absolute Gasteiger partial charge is 0.198 e. The van der Waals surface area contributed by atoms with Crippen molar-refractivity contribution in [3.63, 3.8) is 0 Å². The highest BCUT2D eigenvalue weighted by Gasteiger charge is 2.17. The lowest BCUT2D eigenvalue weighted by molar-refractivity contribution is 0.0980. The number of nitrogens with zero attached hydrogens (tertiary/aromatic N) is 5. The van der Waals surface area contributed by atoms with Crippen LogP contribution in [0.3, 0.4) is 0 Å². The molecule has 1 aliphatic heterocycles. The molecule has 0 saturated carbocycles. The molecular formula is C17H25N5OS. The predicted molar refractivity (Wildman–Crippen MR) is 96.6 cm³/mol. The first-order valence-electron chi connectivity index (χ1n) is 8.39. The molecule has 0 N–H and O–H groups in total. The van der Waals surface area contributed by atoms with Crippen LogP contribution >= 0.6 is 12.2 Å². The predicted octanol–water partition coefficient (Wildman–Crippen LogP) is 2.22. The molecule has 7 heteroatoms. The molecule has 130 valence electrons. The molecule has 3 rings (SSSR count). The third-order valence-electron chi connectivity index (χ3n) is 4.50. The zero-order valence-electron chi connectivity index (χ0n) is 14.4. The van der Waals surface area contributed by atoms with Gasteiger partial charge in [0.15, 0.2) is 4.77 Å². The van der Waals surface area contributed by atoms with Gasteiger partial charge in [-0.3, -0.25) is 9.80 Å². The van der Waals surface area contributed by atoms with Crippen LogP contribution in [0.15, 0.2) is 30.6 Å². The van der Waals surface area contributed by atoms with Crippen LogP contribution < -0.4 is 4.74 Å². The average Bonchev–Trinajstić information content (AvgIpc) is 2.97. The largest absolute Gasteiger partial charge is 0.497 e. The van der Waals surface area contributed by atoms with E-state index in [1.807, 2.05) is 27.7 Å². The summed E-state index contributed by atoms with van der Waals surface area (Å²) in [7, 11) is 1.70. The summed E-state index contributed by atoms with van der Waals surface area (Å²) in [6.45, 7) is 8.92. The van der Waals surface area contributed by atoms with Gasteiger partial charge >= 0.3 is 0 Å². The fourth-order valence-corrected chi connectivity index (χ4v) is 3.23. The molecule has 24 heavy (non-hydrogen) atoms. The van der Waals surface area contributed by atoms with Gasteiger partial charge in [-0.05, 0) is 36.8 Å². The van der Waals surface area contributed by atoms with E-state index in [2.05, 4.69) is 34.0 Å². The van der Waals surface area contributed by atoms with Crippen molar-refractivity contribution < 1.29 is 4.74 Å². The van der Waals surface area contributed by atoms with Crippen LogP contribution in [0.1, 0.15) is 12.5 Å². The minimum Gasteiger partial charge on any atom is -0.497 e. The summed E-state index contributed by atoms with van der Waals surface area (Å²) in [5.74, 6) is 0.909. The van der Waals surface area contributed by atoms with Crippen molar-refractivity contribution in [3.05, 3.63) is 40.9 Å². The highest BCUT2D eigenvalue weighted by atomic mass is 32.1. The van der Waals surface area contributed by atoms with Crippen LogP contribution in [0.4, 0.5) is 0 Å². The number of hydrogen-bond donors (Lipinski definition) is 0. The van der Waals surface area contributed by atoms with E-state index >= 15 is 0 Å². The number of rotatable bonds is 6. The Labute approximate surface area is 148 Å². The lowest BCUT2D eigenvalue weighted by Gasteiger charge is -2.34. The summed E-state index contributed by atoms with van der Waals surface area (Å²) in [6.07, 6.45) is 1.82. The molecule has 6 nitrogen and oxygen atoms in total. The average molecular weight is 347 g/mol. The van der Waals surface area contributed by atoms with Crippen molar-refractivity contribution in [1.29, 1.82) is 0 Å². The Hall–Kier alpha value is -1.70. The standard InChI is InChI=1S/C17H25N5OS/c1-3-21-13-18-22(17(21)24)14-20-10-8-19(9-11-20)12-15-4-6-16(23-2)7-5-15/h4-7,13H,3,8-12,14H2,1-2H3. The Morgan fingerprint density at radius 1 is 1.08 bits per heavy atom. The van der Waals surface area contributed by atoms with E-state index in [0.29, 0.717) is 0 Å². The van der Waals surface area contributed by atoms with Crippen molar-refractivity contribution in [1.82, 2.24) is 24.1 Å². The van der Waals surface area contributed by atoms with Gasteiger partial charge in [0.1, 0.15) is 12.1 Å². The second kappa shape index (κ2) is 7.92. The minimum absolute atomic E-state index is 0.780. The molecule has 0 unspecified atom stereocenters. The van der Waals surface area contributed by atoms with E-state index in [1.54, 1.807) is 7.11 Å². The van der Waals surface area contributed by atoms with Crippen LogP contribution in [0, 0.1) is 4.77 Å². The first-order valence-corrected chi connectivity index (χ1v) is 8.80. The molecule has 1 aromatic heterocycles. The number of ether oxygens (including phenoxy) is 1. The third kappa shape index (κ3) is 4.03. The van der Waals surface area contributed by atoms with Crippen molar-refractivity contribution >= 4 is 12.2 Å². The molecule has 1 saturated heterocycles. The van der Waals surface area contributed by atoms with Crippen molar-refractivity contribution in [2.75, 3.05) is 33.3 Å². The zero-order valence-corrected chi connectivity index (χ0v) is 15.2. The monoisotopic (exact) mass is 347 g/mol. The lowest BCUT2D eigenvalue weighted by atomic mass is 10.2. The molecule has 1 aliphatic rings. The maximum Gasteiger partial charge on any atom is 0.198 e. The number of methoxy groups -OCH3 is 1. The zero-order chi connectivity index (χ0) is 16.9. The fourth-order valence-electron chi connectivity index (χ4n) is 2.95. The second-order valence-electron chi connectivity index (χ2n) is 6.08. The van der Waals surface area contributed by atoms with E-state index in [0.717, 1.165) is 56.5 Å². The summed E-state index contributed by atoms with van der Waals surface area (Å²) in [4.78, 5) is 4.90. The van der Waals surface area contributed by atoms with E-state index in [-0.39, 0.29) is 0 Å². The third-order valence-corrected chi connectivity index (χ3v) is 4.95. The summed E-state index contributed by atoms with van der Waals surface area (Å²) in [5, 5.41) is 4.39. The lowest BCUT2D eigenvalue weighted by Crippen LogP contribution is -2.46. The van der Waals surface area contributed by atoms with Gasteiger partial charge in [-0.25, -0.2) is 4.68 Å². The Bertz CT molecular complexity index is 701. The van der Waals surface area contributed by atoms with Gasteiger partial charge in [0.05, 0.1) is 13.8 Å². The van der Waals surface area contributed by atoms with Crippen LogP contribution in [-0.4, -0.2) is 57.4 Å². The van der Waals surface area contributed by atoms with Gasteiger partial charge < -0.3 is 9.30 Å². The van der Waals surface area contributed by atoms with Gasteiger partial charge in [-0.1, -0.05) is 12.1 Å². The molecular weight excluding hydrogens is 322 g/mol. The van der Waals surface area contributed by atoms with E-state index < -0.39 is 0 Å². The summed E-state index contributed by atoms with van der Waals surface area (Å²) >= 11 is 5.44. The van der Waals surface area contributed by atoms with Gasteiger partial charge in [0, 0.05) is 39.3 Å². The Kier molecular flexibility index (Phi) is 5.65. The summed E-state index contributed by atoms with van der Waals surface area (Å²) < 4.78 is 9.92. The number of aromatic nitrogens is 3. The van der Waals surface area contributed by atoms with Gasteiger partial charge in [-0.15, -0.1) is 0 Å². The number of benzene rings is 1. The molecule has 1 aromatic carbocycles. The quantitative estimate of drug-likeness (QED) is 0.749. The Morgan fingerprint density at radius 2 is 1.75 bits per heavy atom. The molecule has 0 spiro atoms. The molecule has 0 atom stereocenters. The fraction of sp³-hybridized carbons (Fsp3) is 0.529. The molecule has 0 radical (unpaired) electrons. The molecule has 1 fully saturated rings. The maximum absolute atomic E-state index is 5.44. The Balaban J connectivity index is 1.50. The normalized spacial score (nSPS) is 16.4. The van der Waals surface area contributed by atoms with E-state index in [9.17, 15) is 0 Å². The van der Waals surface area contributed by atoms with Gasteiger partial charge in [-0.2, -0.15) is 5.10 Å². The minimum atomic E-state index is 0.780. The van der Waals surface area contributed by atoms with Crippen LogP contribution in [0.5, 0.6) is 5.75 Å². The van der Waals surface area contributed by atoms with Gasteiger partial charge in [0.25, 0.3) is 0 Å². The highest BCUT2D eigenvalue weighted by Crippen LogP contribution is 2.14.